The molecule has 3 heterocycles. The minimum Gasteiger partial charge on any atom is -0.470 e. The number of aromatic nitrogens is 1. The van der Waals surface area contributed by atoms with Gasteiger partial charge in [0.25, 0.3) is 5.91 Å². The molecule has 9 heteroatoms. The maximum absolute atomic E-state index is 12.1. The fraction of sp³-hybridized carbons (Fsp3) is 0.231. The summed E-state index contributed by atoms with van der Waals surface area (Å²) in [5.41, 5.74) is 0. The Morgan fingerprint density at radius 2 is 2.23 bits per heavy atom. The number of ether oxygens (including phenoxy) is 1. The summed E-state index contributed by atoms with van der Waals surface area (Å²) in [5.74, 6) is -0.431. The van der Waals surface area contributed by atoms with E-state index in [1.54, 1.807) is 12.3 Å². The molecule has 3 rings (SSSR count). The number of pyridine rings is 1. The number of carbonyl (C=O) groups excluding carboxylic acids is 1. The van der Waals surface area contributed by atoms with Gasteiger partial charge in [-0.3, -0.25) is 14.9 Å². The molecule has 8 nitrogen and oxygen atoms in total. The molecule has 1 fully saturated rings. The van der Waals surface area contributed by atoms with Crippen molar-refractivity contribution in [3.8, 4) is 5.88 Å². The summed E-state index contributed by atoms with van der Waals surface area (Å²) >= 11 is 3.33. The second kappa shape index (κ2) is 5.76. The number of hydrogen-bond donors (Lipinski definition) is 0. The molecule has 0 unspecified atom stereocenters. The van der Waals surface area contributed by atoms with Gasteiger partial charge in [0, 0.05) is 6.20 Å². The third-order valence-electron chi connectivity index (χ3n) is 3.12. The monoisotopic (exact) mass is 367 g/mol. The van der Waals surface area contributed by atoms with E-state index in [2.05, 4.69) is 20.9 Å². The highest BCUT2D eigenvalue weighted by molar-refractivity contribution is 9.10. The van der Waals surface area contributed by atoms with E-state index in [0.717, 1.165) is 10.5 Å². The second-order valence-corrected chi connectivity index (χ2v) is 5.49. The van der Waals surface area contributed by atoms with Crippen LogP contribution in [0.4, 0.5) is 5.88 Å². The Hall–Kier alpha value is -2.42. The highest BCUT2D eigenvalue weighted by Crippen LogP contribution is 2.25. The normalized spacial score (nSPS) is 14.5. The number of halogens is 1. The van der Waals surface area contributed by atoms with Gasteiger partial charge in [0.2, 0.25) is 5.88 Å². The van der Waals surface area contributed by atoms with E-state index >= 15 is 0 Å². The Morgan fingerprint density at radius 1 is 1.45 bits per heavy atom. The van der Waals surface area contributed by atoms with Crippen molar-refractivity contribution < 1.29 is 18.9 Å². The summed E-state index contributed by atoms with van der Waals surface area (Å²) in [6.07, 6.45) is 1.45. The lowest BCUT2D eigenvalue weighted by Crippen LogP contribution is -2.56. The molecule has 1 saturated heterocycles. The summed E-state index contributed by atoms with van der Waals surface area (Å²) in [6, 6.07) is 6.04. The van der Waals surface area contributed by atoms with Crippen molar-refractivity contribution in [3.05, 3.63) is 50.8 Å². The largest absolute Gasteiger partial charge is 0.470 e. The van der Waals surface area contributed by atoms with Crippen molar-refractivity contribution >= 4 is 27.7 Å². The number of nitro groups is 1. The molecule has 0 spiro atoms. The SMILES string of the molecule is O=C(c1ccc([N+](=O)[O-])o1)N1CC(Oc2ncccc2Br)C1. The maximum Gasteiger partial charge on any atom is 0.433 e. The summed E-state index contributed by atoms with van der Waals surface area (Å²) < 4.78 is 11.3. The zero-order valence-corrected chi connectivity index (χ0v) is 12.7. The minimum atomic E-state index is -0.683. The lowest BCUT2D eigenvalue weighted by Gasteiger charge is -2.38. The van der Waals surface area contributed by atoms with Crippen LogP contribution in [0, 0.1) is 10.1 Å². The molecule has 0 aliphatic carbocycles. The zero-order chi connectivity index (χ0) is 15.7. The van der Waals surface area contributed by atoms with E-state index in [0.29, 0.717) is 19.0 Å². The quantitative estimate of drug-likeness (QED) is 0.606. The Morgan fingerprint density at radius 3 is 2.86 bits per heavy atom. The van der Waals surface area contributed by atoms with Gasteiger partial charge in [-0.15, -0.1) is 0 Å². The molecule has 0 atom stereocenters. The van der Waals surface area contributed by atoms with Crippen LogP contribution in [-0.4, -0.2) is 39.9 Å². The summed E-state index contributed by atoms with van der Waals surface area (Å²) in [4.78, 5) is 27.5. The van der Waals surface area contributed by atoms with Gasteiger partial charge in [0.1, 0.15) is 11.0 Å². The van der Waals surface area contributed by atoms with Crippen LogP contribution < -0.4 is 4.74 Å². The summed E-state index contributed by atoms with van der Waals surface area (Å²) in [7, 11) is 0. The number of hydrogen-bond acceptors (Lipinski definition) is 6. The summed E-state index contributed by atoms with van der Waals surface area (Å²) in [5, 5.41) is 10.5. The lowest BCUT2D eigenvalue weighted by atomic mass is 10.1. The van der Waals surface area contributed by atoms with Crippen molar-refractivity contribution in [1.82, 2.24) is 9.88 Å². The molecule has 0 N–H and O–H groups in total. The highest BCUT2D eigenvalue weighted by Gasteiger charge is 2.35. The van der Waals surface area contributed by atoms with Crippen LogP contribution in [0.25, 0.3) is 0 Å². The first-order valence-corrected chi connectivity index (χ1v) is 7.14. The number of nitrogens with zero attached hydrogens (tertiary/aromatic N) is 3. The smallest absolute Gasteiger partial charge is 0.433 e. The van der Waals surface area contributed by atoms with Gasteiger partial charge < -0.3 is 14.1 Å². The average molecular weight is 368 g/mol. The molecule has 0 radical (unpaired) electrons. The molecule has 1 aliphatic rings. The molecule has 22 heavy (non-hydrogen) atoms. The molecule has 1 amide bonds. The number of carbonyl (C=O) groups is 1. The first-order valence-electron chi connectivity index (χ1n) is 6.35. The van der Waals surface area contributed by atoms with E-state index in [1.807, 2.05) is 6.07 Å². The predicted octanol–water partition coefficient (Wildman–Crippen LogP) is 2.25. The van der Waals surface area contributed by atoms with E-state index in [4.69, 9.17) is 9.15 Å². The van der Waals surface area contributed by atoms with Gasteiger partial charge in [0.05, 0.1) is 23.6 Å². The third kappa shape index (κ3) is 2.80. The minimum absolute atomic E-state index is 0.0517. The van der Waals surface area contributed by atoms with E-state index in [1.165, 1.54) is 11.0 Å². The second-order valence-electron chi connectivity index (χ2n) is 4.64. The fourth-order valence-electron chi connectivity index (χ4n) is 1.99. The fourth-order valence-corrected chi connectivity index (χ4v) is 2.34. The molecule has 2 aromatic rings. The molecular weight excluding hydrogens is 358 g/mol. The first-order chi connectivity index (χ1) is 10.5. The Balaban J connectivity index is 1.57. The average Bonchev–Trinajstić information content (AvgIpc) is 2.93. The van der Waals surface area contributed by atoms with Gasteiger partial charge in [-0.2, -0.15) is 0 Å². The summed E-state index contributed by atoms with van der Waals surface area (Å²) in [6.45, 7) is 0.743. The predicted molar refractivity (Wildman–Crippen MR) is 77.6 cm³/mol. The molecule has 1 aliphatic heterocycles. The van der Waals surface area contributed by atoms with Gasteiger partial charge in [-0.1, -0.05) is 0 Å². The molecule has 114 valence electrons. The van der Waals surface area contributed by atoms with Crippen LogP contribution in [-0.2, 0) is 0 Å². The van der Waals surface area contributed by atoms with Crippen LogP contribution in [0.3, 0.4) is 0 Å². The molecule has 0 bridgehead atoms. The lowest BCUT2D eigenvalue weighted by molar-refractivity contribution is -0.402. The third-order valence-corrected chi connectivity index (χ3v) is 3.72. The Kier molecular flexibility index (Phi) is 3.80. The highest BCUT2D eigenvalue weighted by atomic mass is 79.9. The van der Waals surface area contributed by atoms with Crippen molar-refractivity contribution in [2.45, 2.75) is 6.10 Å². The molecule has 0 saturated carbocycles. The van der Waals surface area contributed by atoms with Crippen LogP contribution in [0.5, 0.6) is 5.88 Å². The van der Waals surface area contributed by atoms with Gasteiger partial charge in [-0.05, 0) is 34.1 Å². The first kappa shape index (κ1) is 14.5. The Bertz CT molecular complexity index is 726. The van der Waals surface area contributed by atoms with Crippen molar-refractivity contribution in [3.63, 3.8) is 0 Å². The van der Waals surface area contributed by atoms with Crippen molar-refractivity contribution in [2.75, 3.05) is 13.1 Å². The van der Waals surface area contributed by atoms with Crippen LogP contribution in [0.2, 0.25) is 0 Å². The topological polar surface area (TPSA) is 98.7 Å². The van der Waals surface area contributed by atoms with Crippen molar-refractivity contribution in [1.29, 1.82) is 0 Å². The Labute approximate surface area is 133 Å². The van der Waals surface area contributed by atoms with Gasteiger partial charge in [-0.25, -0.2) is 4.98 Å². The molecule has 2 aromatic heterocycles. The van der Waals surface area contributed by atoms with E-state index < -0.39 is 16.7 Å². The van der Waals surface area contributed by atoms with Crippen molar-refractivity contribution in [2.24, 2.45) is 0 Å². The maximum atomic E-state index is 12.1. The number of likely N-dealkylation sites (tertiary alicyclic amines) is 1. The van der Waals surface area contributed by atoms with Crippen LogP contribution in [0.15, 0.2) is 39.4 Å². The number of furan rings is 1. The van der Waals surface area contributed by atoms with Crippen LogP contribution in [0.1, 0.15) is 10.6 Å². The van der Waals surface area contributed by atoms with Gasteiger partial charge >= 0.3 is 5.88 Å². The molecular formula is C13H10BrN3O5. The van der Waals surface area contributed by atoms with Crippen LogP contribution >= 0.6 is 15.9 Å². The molecule has 0 aromatic carbocycles. The standard InChI is InChI=1S/C13H10BrN3O5/c14-9-2-1-5-15-12(9)21-8-6-16(7-8)13(18)10-3-4-11(22-10)17(19)20/h1-5,8H,6-7H2. The zero-order valence-electron chi connectivity index (χ0n) is 11.1. The number of rotatable bonds is 4. The van der Waals surface area contributed by atoms with E-state index in [9.17, 15) is 14.9 Å². The van der Waals surface area contributed by atoms with Gasteiger partial charge in [0.15, 0.2) is 5.76 Å². The van der Waals surface area contributed by atoms with E-state index in [-0.39, 0.29) is 11.9 Å². The number of amides is 1.